The molecular weight excluding hydrogens is 494 g/mol. The van der Waals surface area contributed by atoms with Crippen molar-refractivity contribution in [2.75, 3.05) is 31.1 Å². The Balaban J connectivity index is 1.43. The first-order chi connectivity index (χ1) is 17.2. The van der Waals surface area contributed by atoms with Gasteiger partial charge in [0.2, 0.25) is 10.0 Å². The van der Waals surface area contributed by atoms with Gasteiger partial charge in [-0.15, -0.1) is 0 Å². The Morgan fingerprint density at radius 3 is 2.58 bits per heavy atom. The van der Waals surface area contributed by atoms with Gasteiger partial charge in [0.15, 0.2) is 5.13 Å². The van der Waals surface area contributed by atoms with E-state index in [1.165, 1.54) is 16.9 Å². The number of anilines is 1. The number of carbonyl (C=O) groups is 1. The number of carbonyl (C=O) groups excluding carboxylic acids is 1. The van der Waals surface area contributed by atoms with Gasteiger partial charge in [-0.1, -0.05) is 18.3 Å². The summed E-state index contributed by atoms with van der Waals surface area (Å²) in [6, 6.07) is 10.5. The van der Waals surface area contributed by atoms with Gasteiger partial charge in [0.05, 0.1) is 27.8 Å². The molecule has 2 aromatic carbocycles. The monoisotopic (exact) mass is 527 g/mol. The quantitative estimate of drug-likeness (QED) is 0.442. The lowest BCUT2D eigenvalue weighted by Gasteiger charge is -2.30. The maximum absolute atomic E-state index is 13.7. The fourth-order valence-electron chi connectivity index (χ4n) is 4.96. The Bertz CT molecular complexity index is 1320. The van der Waals surface area contributed by atoms with Crippen molar-refractivity contribution in [1.82, 2.24) is 9.29 Å². The Morgan fingerprint density at radius 2 is 1.89 bits per heavy atom. The predicted molar refractivity (Wildman–Crippen MR) is 143 cm³/mol. The summed E-state index contributed by atoms with van der Waals surface area (Å²) in [7, 11) is -3.58. The minimum absolute atomic E-state index is 0.0369. The highest BCUT2D eigenvalue weighted by Gasteiger charge is 2.30. The van der Waals surface area contributed by atoms with E-state index in [4.69, 9.17) is 9.72 Å². The molecule has 9 heteroatoms. The first kappa shape index (κ1) is 25.3. The number of piperidine rings is 1. The summed E-state index contributed by atoms with van der Waals surface area (Å²) in [5.41, 5.74) is 3.66. The highest BCUT2D eigenvalue weighted by atomic mass is 32.2. The van der Waals surface area contributed by atoms with Crippen LogP contribution in [0.2, 0.25) is 0 Å². The highest BCUT2D eigenvalue weighted by molar-refractivity contribution is 7.89. The minimum Gasteiger partial charge on any atom is -0.376 e. The van der Waals surface area contributed by atoms with E-state index in [1.54, 1.807) is 33.5 Å². The molecule has 2 aliphatic heterocycles. The second-order valence-corrected chi connectivity index (χ2v) is 13.0. The van der Waals surface area contributed by atoms with E-state index >= 15 is 0 Å². The molecule has 7 nitrogen and oxygen atoms in total. The van der Waals surface area contributed by atoms with Crippen molar-refractivity contribution < 1.29 is 17.9 Å². The smallest absolute Gasteiger partial charge is 0.260 e. The standard InChI is InChI=1S/C27H33N3O4S2/c1-18-6-4-12-29(16-18)36(32,33)23-10-8-21(9-11-23)26(31)30(17-22-7-5-13-34-22)27-28-24-14-19(2)20(3)15-25(24)35-27/h8-11,14-15,18,22H,4-7,12-13,16-17H2,1-3H3. The molecule has 1 aromatic heterocycles. The molecule has 2 unspecified atom stereocenters. The van der Waals surface area contributed by atoms with E-state index in [-0.39, 0.29) is 16.9 Å². The molecule has 0 spiro atoms. The number of benzene rings is 2. The van der Waals surface area contributed by atoms with Gasteiger partial charge in [-0.3, -0.25) is 9.69 Å². The van der Waals surface area contributed by atoms with Gasteiger partial charge in [-0.05, 0) is 93.0 Å². The van der Waals surface area contributed by atoms with Gasteiger partial charge in [0.25, 0.3) is 5.91 Å². The van der Waals surface area contributed by atoms with Gasteiger partial charge in [-0.25, -0.2) is 13.4 Å². The third-order valence-electron chi connectivity index (χ3n) is 7.24. The molecule has 3 aromatic rings. The SMILES string of the molecule is Cc1cc2nc(N(CC3CCCO3)C(=O)c3ccc(S(=O)(=O)N4CCCC(C)C4)cc3)sc2cc1C. The number of sulfonamides is 1. The van der Waals surface area contributed by atoms with Crippen molar-refractivity contribution in [3.05, 3.63) is 53.1 Å². The van der Waals surface area contributed by atoms with Crippen LogP contribution >= 0.6 is 11.3 Å². The highest BCUT2D eigenvalue weighted by Crippen LogP contribution is 2.33. The largest absolute Gasteiger partial charge is 0.376 e. The number of aromatic nitrogens is 1. The molecule has 2 atom stereocenters. The van der Waals surface area contributed by atoms with E-state index in [9.17, 15) is 13.2 Å². The molecular formula is C27H33N3O4S2. The van der Waals surface area contributed by atoms with Crippen molar-refractivity contribution in [2.45, 2.75) is 57.5 Å². The van der Waals surface area contributed by atoms with E-state index < -0.39 is 10.0 Å². The first-order valence-corrected chi connectivity index (χ1v) is 14.9. The zero-order valence-electron chi connectivity index (χ0n) is 21.1. The molecule has 2 fully saturated rings. The van der Waals surface area contributed by atoms with Crippen LogP contribution in [-0.4, -0.2) is 56.0 Å². The summed E-state index contributed by atoms with van der Waals surface area (Å²) in [5, 5.41) is 0.634. The van der Waals surface area contributed by atoms with Crippen molar-refractivity contribution in [1.29, 1.82) is 0 Å². The maximum Gasteiger partial charge on any atom is 0.260 e. The fourth-order valence-corrected chi connectivity index (χ4v) is 7.61. The Kier molecular flexibility index (Phi) is 7.18. The molecule has 0 aliphatic carbocycles. The topological polar surface area (TPSA) is 79.8 Å². The van der Waals surface area contributed by atoms with E-state index in [2.05, 4.69) is 32.9 Å². The van der Waals surface area contributed by atoms with Crippen LogP contribution in [0, 0.1) is 19.8 Å². The normalized spacial score (nSPS) is 21.2. The zero-order chi connectivity index (χ0) is 25.4. The van der Waals surface area contributed by atoms with Crippen LogP contribution in [0.4, 0.5) is 5.13 Å². The molecule has 0 N–H and O–H groups in total. The molecule has 192 valence electrons. The van der Waals surface area contributed by atoms with E-state index in [0.29, 0.717) is 42.9 Å². The van der Waals surface area contributed by atoms with Gasteiger partial charge in [0.1, 0.15) is 0 Å². The van der Waals surface area contributed by atoms with Gasteiger partial charge in [-0.2, -0.15) is 4.31 Å². The van der Waals surface area contributed by atoms with Gasteiger partial charge >= 0.3 is 0 Å². The van der Waals surface area contributed by atoms with Crippen LogP contribution in [0.25, 0.3) is 10.2 Å². The average Bonchev–Trinajstić information content (AvgIpc) is 3.52. The number of thiazole rings is 1. The number of aryl methyl sites for hydroxylation is 2. The summed E-state index contributed by atoms with van der Waals surface area (Å²) < 4.78 is 34.8. The summed E-state index contributed by atoms with van der Waals surface area (Å²) in [4.78, 5) is 20.4. The third-order valence-corrected chi connectivity index (χ3v) is 10.2. The predicted octanol–water partition coefficient (Wildman–Crippen LogP) is 5.16. The molecule has 3 heterocycles. The summed E-state index contributed by atoms with van der Waals surface area (Å²) in [6.45, 7) is 8.41. The van der Waals surface area contributed by atoms with Crippen LogP contribution in [0.3, 0.4) is 0 Å². The lowest BCUT2D eigenvalue weighted by Crippen LogP contribution is -2.39. The number of ether oxygens (including phenoxy) is 1. The number of rotatable bonds is 6. The first-order valence-electron chi connectivity index (χ1n) is 12.6. The maximum atomic E-state index is 13.7. The third kappa shape index (κ3) is 5.07. The number of hydrogen-bond donors (Lipinski definition) is 0. The number of fused-ring (bicyclic) bond motifs is 1. The Hall–Kier alpha value is -2.33. The van der Waals surface area contributed by atoms with Crippen LogP contribution in [0.5, 0.6) is 0 Å². The molecule has 2 aliphatic rings. The van der Waals surface area contributed by atoms with E-state index in [0.717, 1.165) is 41.5 Å². The lowest BCUT2D eigenvalue weighted by atomic mass is 10.0. The average molecular weight is 528 g/mol. The Labute approximate surface area is 217 Å². The number of amides is 1. The van der Waals surface area contributed by atoms with Crippen molar-refractivity contribution in [3.63, 3.8) is 0 Å². The molecule has 36 heavy (non-hydrogen) atoms. The van der Waals surface area contributed by atoms with Crippen LogP contribution < -0.4 is 4.90 Å². The van der Waals surface area contributed by atoms with Gasteiger partial charge < -0.3 is 4.74 Å². The number of hydrogen-bond acceptors (Lipinski definition) is 6. The molecule has 1 amide bonds. The fraction of sp³-hybridized carbons (Fsp3) is 0.481. The second-order valence-electron chi connectivity index (χ2n) is 10.1. The van der Waals surface area contributed by atoms with Crippen LogP contribution in [-0.2, 0) is 14.8 Å². The Morgan fingerprint density at radius 1 is 1.14 bits per heavy atom. The second kappa shape index (κ2) is 10.2. The summed E-state index contributed by atoms with van der Waals surface area (Å²) in [5.74, 6) is 0.149. The molecule has 0 saturated carbocycles. The van der Waals surface area contributed by atoms with Crippen molar-refractivity contribution in [3.8, 4) is 0 Å². The minimum atomic E-state index is -3.58. The molecule has 0 bridgehead atoms. The summed E-state index contributed by atoms with van der Waals surface area (Å²) >= 11 is 1.50. The van der Waals surface area contributed by atoms with Crippen LogP contribution in [0.15, 0.2) is 41.3 Å². The van der Waals surface area contributed by atoms with Crippen molar-refractivity contribution >= 4 is 42.6 Å². The molecule has 0 radical (unpaired) electrons. The lowest BCUT2D eigenvalue weighted by molar-refractivity contribution is 0.0917. The number of nitrogens with zero attached hydrogens (tertiary/aromatic N) is 3. The van der Waals surface area contributed by atoms with Gasteiger partial charge in [0, 0.05) is 25.3 Å². The van der Waals surface area contributed by atoms with Crippen molar-refractivity contribution in [2.24, 2.45) is 5.92 Å². The summed E-state index contributed by atoms with van der Waals surface area (Å²) in [6.07, 6.45) is 3.76. The zero-order valence-corrected chi connectivity index (χ0v) is 22.7. The van der Waals surface area contributed by atoms with E-state index in [1.807, 2.05) is 0 Å². The molecule has 2 saturated heterocycles. The van der Waals surface area contributed by atoms with Crippen LogP contribution in [0.1, 0.15) is 54.1 Å². The molecule has 5 rings (SSSR count).